The molecule has 0 saturated heterocycles. The van der Waals surface area contributed by atoms with Gasteiger partial charge in [-0.05, 0) is 24.5 Å². The fourth-order valence-electron chi connectivity index (χ4n) is 2.27. The second-order valence-corrected chi connectivity index (χ2v) is 4.69. The summed E-state index contributed by atoms with van der Waals surface area (Å²) in [6.45, 7) is 5.86. The van der Waals surface area contributed by atoms with Crippen LogP contribution in [0.15, 0.2) is 24.3 Å². The molecule has 0 radical (unpaired) electrons. The third kappa shape index (κ3) is 3.04. The Hall–Kier alpha value is -1.61. The molecule has 0 amide bonds. The highest BCUT2D eigenvalue weighted by atomic mass is 16.5. The monoisotopic (exact) mass is 258 g/mol. The summed E-state index contributed by atoms with van der Waals surface area (Å²) in [6.07, 6.45) is 2.10. The van der Waals surface area contributed by atoms with E-state index in [9.17, 15) is 0 Å². The number of para-hydroxylation sites is 1. The first-order valence-corrected chi connectivity index (χ1v) is 6.94. The van der Waals surface area contributed by atoms with E-state index in [0.29, 0.717) is 6.61 Å². The van der Waals surface area contributed by atoms with E-state index < -0.39 is 0 Å². The largest absolute Gasteiger partial charge is 0.384 e. The molecule has 3 heteroatoms. The number of aryl methyl sites for hydroxylation is 1. The highest BCUT2D eigenvalue weighted by Crippen LogP contribution is 2.26. The van der Waals surface area contributed by atoms with Crippen molar-refractivity contribution in [1.29, 1.82) is 0 Å². The smallest absolute Gasteiger partial charge is 0.0885 e. The molecule has 1 aromatic carbocycles. The zero-order valence-electron chi connectivity index (χ0n) is 12.0. The van der Waals surface area contributed by atoms with Crippen molar-refractivity contribution in [2.45, 2.75) is 33.3 Å². The summed E-state index contributed by atoms with van der Waals surface area (Å²) in [7, 11) is 1.71. The zero-order valence-corrected chi connectivity index (χ0v) is 12.0. The van der Waals surface area contributed by atoms with Crippen molar-refractivity contribution in [1.82, 2.24) is 4.98 Å². The Labute approximate surface area is 115 Å². The van der Waals surface area contributed by atoms with Crippen molar-refractivity contribution in [2.24, 2.45) is 0 Å². The van der Waals surface area contributed by atoms with Gasteiger partial charge in [0.15, 0.2) is 0 Å². The summed E-state index contributed by atoms with van der Waals surface area (Å²) in [5.41, 5.74) is 4.52. The van der Waals surface area contributed by atoms with Crippen LogP contribution < -0.4 is 5.32 Å². The van der Waals surface area contributed by atoms with Gasteiger partial charge in [0.05, 0.1) is 17.8 Å². The normalized spacial score (nSPS) is 10.9. The van der Waals surface area contributed by atoms with Gasteiger partial charge in [0, 0.05) is 24.7 Å². The van der Waals surface area contributed by atoms with Crippen molar-refractivity contribution in [2.75, 3.05) is 19.0 Å². The number of aromatic nitrogens is 1. The minimum absolute atomic E-state index is 0.550. The highest BCUT2D eigenvalue weighted by Gasteiger charge is 2.08. The van der Waals surface area contributed by atoms with Crippen molar-refractivity contribution in [3.8, 4) is 0 Å². The molecular formula is C16H22N2O. The SMILES string of the molecule is CCCNc1cc(COC)nc2c(CC)cccc12. The van der Waals surface area contributed by atoms with Gasteiger partial charge >= 0.3 is 0 Å². The van der Waals surface area contributed by atoms with E-state index >= 15 is 0 Å². The fourth-order valence-corrected chi connectivity index (χ4v) is 2.27. The van der Waals surface area contributed by atoms with Gasteiger partial charge in [-0.3, -0.25) is 0 Å². The van der Waals surface area contributed by atoms with Crippen LogP contribution in [-0.4, -0.2) is 18.6 Å². The molecule has 0 aliphatic heterocycles. The van der Waals surface area contributed by atoms with Gasteiger partial charge in [-0.2, -0.15) is 0 Å². The Balaban J connectivity index is 2.56. The van der Waals surface area contributed by atoms with E-state index in [4.69, 9.17) is 9.72 Å². The number of ether oxygens (including phenoxy) is 1. The lowest BCUT2D eigenvalue weighted by Crippen LogP contribution is -2.04. The Morgan fingerprint density at radius 2 is 2.11 bits per heavy atom. The summed E-state index contributed by atoms with van der Waals surface area (Å²) >= 11 is 0. The summed E-state index contributed by atoms with van der Waals surface area (Å²) in [6, 6.07) is 8.49. The minimum Gasteiger partial charge on any atom is -0.384 e. The molecule has 0 aliphatic carbocycles. The maximum atomic E-state index is 5.22. The van der Waals surface area contributed by atoms with Crippen molar-refractivity contribution in [3.05, 3.63) is 35.5 Å². The zero-order chi connectivity index (χ0) is 13.7. The molecule has 2 aromatic rings. The van der Waals surface area contributed by atoms with Gasteiger partial charge in [-0.25, -0.2) is 4.98 Å². The number of benzene rings is 1. The molecule has 0 atom stereocenters. The molecule has 1 N–H and O–H groups in total. The predicted molar refractivity (Wildman–Crippen MR) is 80.6 cm³/mol. The lowest BCUT2D eigenvalue weighted by atomic mass is 10.1. The minimum atomic E-state index is 0.550. The first kappa shape index (κ1) is 13.8. The summed E-state index contributed by atoms with van der Waals surface area (Å²) in [4.78, 5) is 4.74. The Kier molecular flexibility index (Phi) is 4.74. The standard InChI is InChI=1S/C16H22N2O/c1-4-9-17-15-10-13(11-19-3)18-16-12(5-2)7-6-8-14(15)16/h6-8,10H,4-5,9,11H2,1-3H3,(H,17,18). The Morgan fingerprint density at radius 1 is 1.26 bits per heavy atom. The van der Waals surface area contributed by atoms with E-state index in [0.717, 1.165) is 36.3 Å². The molecule has 0 saturated carbocycles. The van der Waals surface area contributed by atoms with Crippen LogP contribution in [0.25, 0.3) is 10.9 Å². The van der Waals surface area contributed by atoms with Crippen LogP contribution in [0.1, 0.15) is 31.5 Å². The summed E-state index contributed by atoms with van der Waals surface area (Å²) in [5, 5.41) is 4.69. The molecule has 1 heterocycles. The van der Waals surface area contributed by atoms with Crippen molar-refractivity contribution < 1.29 is 4.74 Å². The van der Waals surface area contributed by atoms with E-state index in [-0.39, 0.29) is 0 Å². The van der Waals surface area contributed by atoms with Crippen molar-refractivity contribution >= 4 is 16.6 Å². The number of hydrogen-bond donors (Lipinski definition) is 1. The van der Waals surface area contributed by atoms with Crippen LogP contribution in [0.5, 0.6) is 0 Å². The van der Waals surface area contributed by atoms with Crippen LogP contribution in [0.4, 0.5) is 5.69 Å². The van der Waals surface area contributed by atoms with Crippen LogP contribution >= 0.6 is 0 Å². The molecule has 0 aliphatic rings. The van der Waals surface area contributed by atoms with Gasteiger partial charge in [0.25, 0.3) is 0 Å². The lowest BCUT2D eigenvalue weighted by Gasteiger charge is -2.13. The van der Waals surface area contributed by atoms with Gasteiger partial charge in [0.1, 0.15) is 0 Å². The van der Waals surface area contributed by atoms with Gasteiger partial charge in [0.2, 0.25) is 0 Å². The number of rotatable bonds is 6. The number of hydrogen-bond acceptors (Lipinski definition) is 3. The average Bonchev–Trinajstić information content (AvgIpc) is 2.44. The molecule has 3 nitrogen and oxygen atoms in total. The quantitative estimate of drug-likeness (QED) is 0.856. The number of pyridine rings is 1. The molecule has 0 unspecified atom stereocenters. The maximum absolute atomic E-state index is 5.22. The van der Waals surface area contributed by atoms with Gasteiger partial charge < -0.3 is 10.1 Å². The molecule has 19 heavy (non-hydrogen) atoms. The molecule has 0 bridgehead atoms. The summed E-state index contributed by atoms with van der Waals surface area (Å²) in [5.74, 6) is 0. The van der Waals surface area contributed by atoms with Crippen LogP contribution in [0.3, 0.4) is 0 Å². The Morgan fingerprint density at radius 3 is 2.79 bits per heavy atom. The molecule has 1 aromatic heterocycles. The maximum Gasteiger partial charge on any atom is 0.0885 e. The first-order chi connectivity index (χ1) is 9.30. The van der Waals surface area contributed by atoms with Crippen molar-refractivity contribution in [3.63, 3.8) is 0 Å². The molecule has 2 rings (SSSR count). The number of nitrogens with one attached hydrogen (secondary N) is 1. The third-order valence-electron chi connectivity index (χ3n) is 3.21. The second-order valence-electron chi connectivity index (χ2n) is 4.69. The fraction of sp³-hybridized carbons (Fsp3) is 0.438. The first-order valence-electron chi connectivity index (χ1n) is 6.94. The number of anilines is 1. The molecule has 0 fully saturated rings. The van der Waals surface area contributed by atoms with Crippen LogP contribution in [-0.2, 0) is 17.8 Å². The number of nitrogens with zero attached hydrogens (tertiary/aromatic N) is 1. The van der Waals surface area contributed by atoms with E-state index in [1.807, 2.05) is 0 Å². The second kappa shape index (κ2) is 6.53. The van der Waals surface area contributed by atoms with E-state index in [1.165, 1.54) is 10.9 Å². The average molecular weight is 258 g/mol. The predicted octanol–water partition coefficient (Wildman–Crippen LogP) is 3.77. The van der Waals surface area contributed by atoms with Crippen LogP contribution in [0.2, 0.25) is 0 Å². The Bertz CT molecular complexity index is 552. The third-order valence-corrected chi connectivity index (χ3v) is 3.21. The number of methoxy groups -OCH3 is 1. The molecular weight excluding hydrogens is 236 g/mol. The lowest BCUT2D eigenvalue weighted by molar-refractivity contribution is 0.182. The molecule has 0 spiro atoms. The number of fused-ring (bicyclic) bond motifs is 1. The van der Waals surface area contributed by atoms with Crippen LogP contribution in [0, 0.1) is 0 Å². The van der Waals surface area contributed by atoms with E-state index in [1.54, 1.807) is 7.11 Å². The van der Waals surface area contributed by atoms with E-state index in [2.05, 4.69) is 43.4 Å². The van der Waals surface area contributed by atoms with Gasteiger partial charge in [-0.1, -0.05) is 32.0 Å². The summed E-state index contributed by atoms with van der Waals surface area (Å²) < 4.78 is 5.22. The highest BCUT2D eigenvalue weighted by molar-refractivity contribution is 5.93. The topological polar surface area (TPSA) is 34.1 Å². The molecule has 102 valence electrons. The van der Waals surface area contributed by atoms with Gasteiger partial charge in [-0.15, -0.1) is 0 Å².